The summed E-state index contributed by atoms with van der Waals surface area (Å²) in [7, 11) is 2.19. The van der Waals surface area contributed by atoms with Gasteiger partial charge in [-0.15, -0.1) is 5.10 Å². The van der Waals surface area contributed by atoms with Gasteiger partial charge >= 0.3 is 0 Å². The van der Waals surface area contributed by atoms with Crippen molar-refractivity contribution < 1.29 is 4.79 Å². The minimum atomic E-state index is -0.120. The van der Waals surface area contributed by atoms with Gasteiger partial charge in [0.05, 0.1) is 5.52 Å². The summed E-state index contributed by atoms with van der Waals surface area (Å²) in [6.45, 7) is 3.62. The van der Waals surface area contributed by atoms with Crippen LogP contribution in [0.4, 0.5) is 5.69 Å². The minimum absolute atomic E-state index is 0.120. The van der Waals surface area contributed by atoms with E-state index >= 15 is 0 Å². The van der Waals surface area contributed by atoms with Gasteiger partial charge in [0.15, 0.2) is 0 Å². The van der Waals surface area contributed by atoms with E-state index in [-0.39, 0.29) is 5.91 Å². The van der Waals surface area contributed by atoms with Crippen LogP contribution < -0.4 is 5.32 Å². The van der Waals surface area contributed by atoms with Crippen LogP contribution in [-0.4, -0.2) is 38.9 Å². The summed E-state index contributed by atoms with van der Waals surface area (Å²) in [4.78, 5) is 15.3. The second-order valence-electron chi connectivity index (χ2n) is 7.93. The molecule has 0 aliphatic heterocycles. The molecule has 1 heterocycles. The molecule has 0 bridgehead atoms. The van der Waals surface area contributed by atoms with E-state index in [0.29, 0.717) is 11.6 Å². The topological polar surface area (TPSA) is 63.1 Å². The van der Waals surface area contributed by atoms with Gasteiger partial charge in [-0.2, -0.15) is 0 Å². The third kappa shape index (κ3) is 4.32. The Kier molecular flexibility index (Phi) is 5.90. The number of para-hydroxylation sites is 1. The van der Waals surface area contributed by atoms with Gasteiger partial charge in [-0.05, 0) is 56.6 Å². The van der Waals surface area contributed by atoms with E-state index in [0.717, 1.165) is 35.4 Å². The number of benzene rings is 2. The second-order valence-corrected chi connectivity index (χ2v) is 7.93. The molecule has 0 spiro atoms. The molecule has 29 heavy (non-hydrogen) atoms. The highest BCUT2D eigenvalue weighted by molar-refractivity contribution is 6.06. The maximum atomic E-state index is 12.9. The zero-order valence-corrected chi connectivity index (χ0v) is 17.3. The Balaban J connectivity index is 1.49. The summed E-state index contributed by atoms with van der Waals surface area (Å²) in [6, 6.07) is 14.3. The number of anilines is 1. The van der Waals surface area contributed by atoms with E-state index < -0.39 is 0 Å². The SMILES string of the molecule is CCn1nnc2cc(C(=O)Nc3ccccc3CN(C)C3CCCCC3)ccc21. The van der Waals surface area contributed by atoms with Gasteiger partial charge in [0.25, 0.3) is 5.91 Å². The fourth-order valence-corrected chi connectivity index (χ4v) is 4.24. The van der Waals surface area contributed by atoms with Crippen LogP contribution in [0.15, 0.2) is 42.5 Å². The number of aromatic nitrogens is 3. The molecule has 4 rings (SSSR count). The zero-order chi connectivity index (χ0) is 20.2. The molecule has 1 aliphatic rings. The maximum Gasteiger partial charge on any atom is 0.255 e. The Morgan fingerprint density at radius 3 is 2.76 bits per heavy atom. The Morgan fingerprint density at radius 1 is 1.17 bits per heavy atom. The summed E-state index contributed by atoms with van der Waals surface area (Å²) in [5.41, 5.74) is 4.30. The van der Waals surface area contributed by atoms with Gasteiger partial charge in [0.1, 0.15) is 5.52 Å². The molecule has 1 aromatic heterocycles. The molecule has 0 atom stereocenters. The number of nitrogens with zero attached hydrogens (tertiary/aromatic N) is 4. The van der Waals surface area contributed by atoms with Crippen molar-refractivity contribution in [1.29, 1.82) is 0 Å². The summed E-state index contributed by atoms with van der Waals surface area (Å²) in [5.74, 6) is -0.120. The Hall–Kier alpha value is -2.73. The molecule has 6 nitrogen and oxygen atoms in total. The number of nitrogens with one attached hydrogen (secondary N) is 1. The molecule has 3 aromatic rings. The molecular weight excluding hydrogens is 362 g/mol. The third-order valence-corrected chi connectivity index (χ3v) is 5.96. The Morgan fingerprint density at radius 2 is 1.97 bits per heavy atom. The van der Waals surface area contributed by atoms with Gasteiger partial charge in [-0.25, -0.2) is 4.68 Å². The van der Waals surface area contributed by atoms with Crippen molar-refractivity contribution in [1.82, 2.24) is 19.9 Å². The molecule has 1 aliphatic carbocycles. The molecule has 1 amide bonds. The van der Waals surface area contributed by atoms with Crippen LogP contribution in [0.2, 0.25) is 0 Å². The lowest BCUT2D eigenvalue weighted by Gasteiger charge is -2.31. The standard InChI is InChI=1S/C23H29N5O/c1-3-28-22-14-13-17(15-21(22)25-26-28)23(29)24-20-12-8-7-9-18(20)16-27(2)19-10-5-4-6-11-19/h7-9,12-15,19H,3-6,10-11,16H2,1-2H3,(H,24,29). The van der Waals surface area contributed by atoms with Gasteiger partial charge < -0.3 is 5.32 Å². The van der Waals surface area contributed by atoms with E-state index in [9.17, 15) is 4.79 Å². The summed E-state index contributed by atoms with van der Waals surface area (Å²) in [6.07, 6.45) is 6.53. The Labute approximate surface area is 171 Å². The normalized spacial score (nSPS) is 15.1. The first-order chi connectivity index (χ1) is 14.2. The molecule has 1 fully saturated rings. The van der Waals surface area contributed by atoms with Crippen molar-refractivity contribution in [2.45, 2.75) is 58.2 Å². The van der Waals surface area contributed by atoms with Gasteiger partial charge in [0, 0.05) is 30.4 Å². The monoisotopic (exact) mass is 391 g/mol. The lowest BCUT2D eigenvalue weighted by Crippen LogP contribution is -2.33. The number of hydrogen-bond donors (Lipinski definition) is 1. The number of carbonyl (C=O) groups is 1. The Bertz CT molecular complexity index is 990. The first-order valence-electron chi connectivity index (χ1n) is 10.6. The molecule has 6 heteroatoms. The van der Waals surface area contributed by atoms with Gasteiger partial charge in [-0.3, -0.25) is 9.69 Å². The first-order valence-corrected chi connectivity index (χ1v) is 10.6. The van der Waals surface area contributed by atoms with E-state index in [1.54, 1.807) is 6.07 Å². The molecule has 2 aromatic carbocycles. The highest BCUT2D eigenvalue weighted by atomic mass is 16.1. The van der Waals surface area contributed by atoms with Crippen molar-refractivity contribution >= 4 is 22.6 Å². The average Bonchev–Trinajstić information content (AvgIpc) is 3.18. The molecular formula is C23H29N5O. The quantitative estimate of drug-likeness (QED) is 0.673. The first kappa shape index (κ1) is 19.6. The third-order valence-electron chi connectivity index (χ3n) is 5.96. The molecule has 0 saturated heterocycles. The zero-order valence-electron chi connectivity index (χ0n) is 17.3. The van der Waals surface area contributed by atoms with Crippen molar-refractivity contribution in [2.75, 3.05) is 12.4 Å². The largest absolute Gasteiger partial charge is 0.322 e. The van der Waals surface area contributed by atoms with Gasteiger partial charge in [-0.1, -0.05) is 42.7 Å². The number of aryl methyl sites for hydroxylation is 1. The minimum Gasteiger partial charge on any atom is -0.322 e. The smallest absolute Gasteiger partial charge is 0.255 e. The molecule has 0 radical (unpaired) electrons. The van der Waals surface area contributed by atoms with E-state index in [4.69, 9.17) is 0 Å². The number of rotatable bonds is 6. The molecule has 1 N–H and O–H groups in total. The van der Waals surface area contributed by atoms with Crippen molar-refractivity contribution in [3.63, 3.8) is 0 Å². The number of hydrogen-bond acceptors (Lipinski definition) is 4. The highest BCUT2D eigenvalue weighted by Gasteiger charge is 2.19. The van der Waals surface area contributed by atoms with Crippen molar-refractivity contribution in [2.24, 2.45) is 0 Å². The van der Waals surface area contributed by atoms with Crippen molar-refractivity contribution in [3.8, 4) is 0 Å². The maximum absolute atomic E-state index is 12.9. The second kappa shape index (κ2) is 8.74. The predicted molar refractivity (Wildman–Crippen MR) is 116 cm³/mol. The number of amides is 1. The predicted octanol–water partition coefficient (Wildman–Crippen LogP) is 4.47. The van der Waals surface area contributed by atoms with Crippen LogP contribution in [0.25, 0.3) is 11.0 Å². The molecule has 152 valence electrons. The number of carbonyl (C=O) groups excluding carboxylic acids is 1. The highest BCUT2D eigenvalue weighted by Crippen LogP contribution is 2.25. The van der Waals surface area contributed by atoms with Crippen molar-refractivity contribution in [3.05, 3.63) is 53.6 Å². The fraction of sp³-hybridized carbons (Fsp3) is 0.435. The van der Waals surface area contributed by atoms with Gasteiger partial charge in [0.2, 0.25) is 0 Å². The summed E-state index contributed by atoms with van der Waals surface area (Å²) >= 11 is 0. The van der Waals surface area contributed by atoms with Crippen LogP contribution in [0, 0.1) is 0 Å². The van der Waals surface area contributed by atoms with Crippen LogP contribution >= 0.6 is 0 Å². The lowest BCUT2D eigenvalue weighted by molar-refractivity contribution is 0.102. The van der Waals surface area contributed by atoms with Crippen LogP contribution in [0.1, 0.15) is 54.9 Å². The summed E-state index contributed by atoms with van der Waals surface area (Å²) < 4.78 is 1.83. The van der Waals surface area contributed by atoms with Crippen LogP contribution in [0.3, 0.4) is 0 Å². The van der Waals surface area contributed by atoms with E-state index in [1.165, 1.54) is 32.1 Å². The molecule has 1 saturated carbocycles. The van der Waals surface area contributed by atoms with E-state index in [2.05, 4.69) is 33.6 Å². The van der Waals surface area contributed by atoms with E-state index in [1.807, 2.05) is 41.9 Å². The summed E-state index contributed by atoms with van der Waals surface area (Å²) in [5, 5.41) is 11.4. The fourth-order valence-electron chi connectivity index (χ4n) is 4.24. The lowest BCUT2D eigenvalue weighted by atomic mass is 9.94. The van der Waals surface area contributed by atoms with Crippen LogP contribution in [-0.2, 0) is 13.1 Å². The molecule has 0 unspecified atom stereocenters. The van der Waals surface area contributed by atoms with Crippen LogP contribution in [0.5, 0.6) is 0 Å². The average molecular weight is 392 g/mol. The number of fused-ring (bicyclic) bond motifs is 1.